The van der Waals surface area contributed by atoms with E-state index in [4.69, 9.17) is 9.47 Å². The smallest absolute Gasteiger partial charge is 0.0992 e. The van der Waals surface area contributed by atoms with Gasteiger partial charge in [-0.3, -0.25) is 0 Å². The Hall–Kier alpha value is -0.340. The number of hydrogen-bond acceptors (Lipinski definition) is 2. The third-order valence-corrected chi connectivity index (χ3v) is 1.26. The van der Waals surface area contributed by atoms with Crippen molar-refractivity contribution in [2.24, 2.45) is 0 Å². The molecule has 2 aliphatic heterocycles. The fourth-order valence-corrected chi connectivity index (χ4v) is 0.581. The molecule has 44 valence electrons. The Kier molecular flexibility index (Phi) is 0.889. The first-order valence-electron chi connectivity index (χ1n) is 2.87. The number of ether oxygens (including phenoxy) is 2. The second-order valence-corrected chi connectivity index (χ2v) is 2.13. The average molecular weight is 112 g/mol. The van der Waals surface area contributed by atoms with Crippen LogP contribution in [0.2, 0.25) is 0 Å². The van der Waals surface area contributed by atoms with Gasteiger partial charge in [-0.15, -0.1) is 0 Å². The van der Waals surface area contributed by atoms with Crippen LogP contribution in [-0.2, 0) is 9.47 Å². The van der Waals surface area contributed by atoms with Gasteiger partial charge < -0.3 is 9.47 Å². The Balaban J connectivity index is 1.76. The minimum Gasteiger partial charge on any atom is -0.369 e. The summed E-state index contributed by atoms with van der Waals surface area (Å²) in [5.74, 6) is 0. The van der Waals surface area contributed by atoms with Crippen molar-refractivity contribution in [1.82, 2.24) is 0 Å². The van der Waals surface area contributed by atoms with Crippen molar-refractivity contribution >= 4 is 0 Å². The first kappa shape index (κ1) is 4.53. The fraction of sp³-hybridized carbons (Fsp3) is 0.667. The third-order valence-electron chi connectivity index (χ3n) is 1.26. The van der Waals surface area contributed by atoms with E-state index in [0.29, 0.717) is 12.2 Å². The molecule has 8 heavy (non-hydrogen) atoms. The summed E-state index contributed by atoms with van der Waals surface area (Å²) in [5.41, 5.74) is 0. The van der Waals surface area contributed by atoms with Crippen molar-refractivity contribution < 1.29 is 9.47 Å². The average Bonchev–Trinajstić information content (AvgIpc) is 2.60. The van der Waals surface area contributed by atoms with E-state index in [2.05, 4.69) is 12.2 Å². The van der Waals surface area contributed by atoms with E-state index < -0.39 is 0 Å². The third kappa shape index (κ3) is 1.08. The predicted octanol–water partition coefficient (Wildman–Crippen LogP) is 0.340. The molecule has 2 aliphatic rings. The second-order valence-electron chi connectivity index (χ2n) is 2.13. The summed E-state index contributed by atoms with van der Waals surface area (Å²) in [4.78, 5) is 0. The lowest BCUT2D eigenvalue weighted by Crippen LogP contribution is -1.78. The zero-order valence-corrected chi connectivity index (χ0v) is 4.54. The molecule has 0 aliphatic carbocycles. The van der Waals surface area contributed by atoms with Gasteiger partial charge in [-0.25, -0.2) is 0 Å². The van der Waals surface area contributed by atoms with Gasteiger partial charge in [0, 0.05) is 0 Å². The van der Waals surface area contributed by atoms with Crippen molar-refractivity contribution in [3.8, 4) is 0 Å². The molecule has 0 aromatic rings. The molecule has 0 saturated carbocycles. The Morgan fingerprint density at radius 2 is 1.38 bits per heavy atom. The molecular formula is C6H8O2. The van der Waals surface area contributed by atoms with E-state index >= 15 is 0 Å². The van der Waals surface area contributed by atoms with Gasteiger partial charge in [-0.1, -0.05) is 12.2 Å². The molecule has 2 heteroatoms. The lowest BCUT2D eigenvalue weighted by Gasteiger charge is -1.73. The van der Waals surface area contributed by atoms with E-state index in [1.807, 2.05) is 0 Å². The van der Waals surface area contributed by atoms with Gasteiger partial charge >= 0.3 is 0 Å². The lowest BCUT2D eigenvalue weighted by atomic mass is 10.3. The molecule has 2 fully saturated rings. The van der Waals surface area contributed by atoms with Crippen LogP contribution in [0.25, 0.3) is 0 Å². The molecule has 2 heterocycles. The quantitative estimate of drug-likeness (QED) is 0.380. The van der Waals surface area contributed by atoms with Crippen molar-refractivity contribution in [3.05, 3.63) is 12.2 Å². The first-order valence-corrected chi connectivity index (χ1v) is 2.87. The maximum atomic E-state index is 4.94. The van der Waals surface area contributed by atoms with Crippen LogP contribution in [0.4, 0.5) is 0 Å². The van der Waals surface area contributed by atoms with Gasteiger partial charge in [0.05, 0.1) is 25.4 Å². The molecule has 2 atom stereocenters. The maximum absolute atomic E-state index is 4.94. The predicted molar refractivity (Wildman–Crippen MR) is 28.6 cm³/mol. The van der Waals surface area contributed by atoms with Crippen molar-refractivity contribution in [3.63, 3.8) is 0 Å². The minimum absolute atomic E-state index is 0.416. The zero-order chi connectivity index (χ0) is 5.40. The molecule has 0 N–H and O–H groups in total. The maximum Gasteiger partial charge on any atom is 0.0992 e. The van der Waals surface area contributed by atoms with Gasteiger partial charge in [0.25, 0.3) is 0 Å². The molecular weight excluding hydrogens is 104 g/mol. The number of hydrogen-bond donors (Lipinski definition) is 0. The molecule has 0 bridgehead atoms. The van der Waals surface area contributed by atoms with E-state index in [1.165, 1.54) is 0 Å². The van der Waals surface area contributed by atoms with Crippen LogP contribution in [0.15, 0.2) is 12.2 Å². The summed E-state index contributed by atoms with van der Waals surface area (Å²) in [7, 11) is 0. The van der Waals surface area contributed by atoms with Gasteiger partial charge in [0.15, 0.2) is 0 Å². The van der Waals surface area contributed by atoms with Gasteiger partial charge in [-0.2, -0.15) is 0 Å². The highest BCUT2D eigenvalue weighted by molar-refractivity contribution is 5.02. The van der Waals surface area contributed by atoms with Gasteiger partial charge in [-0.05, 0) is 0 Å². The molecule has 2 rings (SSSR count). The van der Waals surface area contributed by atoms with E-state index in [-0.39, 0.29) is 0 Å². The van der Waals surface area contributed by atoms with Crippen LogP contribution in [0, 0.1) is 0 Å². The van der Waals surface area contributed by atoms with E-state index in [9.17, 15) is 0 Å². The molecule has 0 spiro atoms. The van der Waals surface area contributed by atoms with E-state index in [0.717, 1.165) is 13.2 Å². The summed E-state index contributed by atoms with van der Waals surface area (Å²) < 4.78 is 9.89. The van der Waals surface area contributed by atoms with Gasteiger partial charge in [0.1, 0.15) is 0 Å². The Labute approximate surface area is 48.1 Å². The summed E-state index contributed by atoms with van der Waals surface area (Å²) in [6, 6.07) is 0. The topological polar surface area (TPSA) is 25.1 Å². The normalized spacial score (nSPS) is 43.0. The lowest BCUT2D eigenvalue weighted by molar-refractivity contribution is 0.431. The van der Waals surface area contributed by atoms with E-state index in [1.54, 1.807) is 0 Å². The zero-order valence-electron chi connectivity index (χ0n) is 4.54. The van der Waals surface area contributed by atoms with Gasteiger partial charge in [0.2, 0.25) is 0 Å². The standard InChI is InChI=1S/C6H8O2/c1(5-3-7-5)2-6-4-8-6/h1-2,5-6H,3-4H2/b2-1+. The Bertz CT molecular complexity index is 97.7. The first-order chi connectivity index (χ1) is 3.95. The largest absolute Gasteiger partial charge is 0.369 e. The summed E-state index contributed by atoms with van der Waals surface area (Å²) in [5, 5.41) is 0. The SMILES string of the molecule is C(=C\C1CO1)/C1CO1. The molecule has 2 unspecified atom stereocenters. The molecule has 0 aromatic carbocycles. The number of epoxide rings is 2. The summed E-state index contributed by atoms with van der Waals surface area (Å²) in [6.07, 6.45) is 4.97. The second kappa shape index (κ2) is 1.57. The van der Waals surface area contributed by atoms with Crippen LogP contribution in [-0.4, -0.2) is 25.4 Å². The van der Waals surface area contributed by atoms with Crippen LogP contribution in [0.5, 0.6) is 0 Å². The summed E-state index contributed by atoms with van der Waals surface area (Å²) >= 11 is 0. The minimum atomic E-state index is 0.416. The van der Waals surface area contributed by atoms with Crippen LogP contribution in [0.1, 0.15) is 0 Å². The van der Waals surface area contributed by atoms with Crippen LogP contribution < -0.4 is 0 Å². The highest BCUT2D eigenvalue weighted by atomic mass is 16.6. The highest BCUT2D eigenvalue weighted by Crippen LogP contribution is 2.15. The molecule has 0 aromatic heterocycles. The molecule has 0 amide bonds. The highest BCUT2D eigenvalue weighted by Gasteiger charge is 2.22. The molecule has 0 radical (unpaired) electrons. The van der Waals surface area contributed by atoms with Crippen molar-refractivity contribution in [2.45, 2.75) is 12.2 Å². The number of rotatable bonds is 2. The fourth-order valence-electron chi connectivity index (χ4n) is 0.581. The molecule has 2 nitrogen and oxygen atoms in total. The van der Waals surface area contributed by atoms with Crippen LogP contribution in [0.3, 0.4) is 0 Å². The summed E-state index contributed by atoms with van der Waals surface area (Å²) in [6.45, 7) is 1.81. The Morgan fingerprint density at radius 3 is 1.62 bits per heavy atom. The molecule has 2 saturated heterocycles. The van der Waals surface area contributed by atoms with Crippen molar-refractivity contribution in [1.29, 1.82) is 0 Å². The Morgan fingerprint density at radius 1 is 1.00 bits per heavy atom. The van der Waals surface area contributed by atoms with Crippen molar-refractivity contribution in [2.75, 3.05) is 13.2 Å². The monoisotopic (exact) mass is 112 g/mol. The van der Waals surface area contributed by atoms with Crippen LogP contribution >= 0.6 is 0 Å².